The Hall–Kier alpha value is -0.590. The molecular weight excluding hydrogens is 378 g/mol. The molecule has 1 aromatic carbocycles. The number of rotatable bonds is 8. The Bertz CT molecular complexity index is 438. The van der Waals surface area contributed by atoms with Crippen LogP contribution in [0.25, 0.3) is 0 Å². The normalized spacial score (nSPS) is 10.5. The fraction of sp³-hybridized carbons (Fsp3) is 0.462. The van der Waals surface area contributed by atoms with Crippen molar-refractivity contribution in [3.63, 3.8) is 0 Å². The molecule has 0 saturated carbocycles. The van der Waals surface area contributed by atoms with Crippen LogP contribution in [0.5, 0.6) is 5.75 Å². The van der Waals surface area contributed by atoms with Gasteiger partial charge < -0.3 is 15.2 Å². The SMILES string of the molecule is CCOc1c(Br)cc(Br)cc1CNCCCC(=O)O. The third-order valence-corrected chi connectivity index (χ3v) is 3.48. The van der Waals surface area contributed by atoms with Gasteiger partial charge in [-0.2, -0.15) is 0 Å². The first-order chi connectivity index (χ1) is 9.04. The van der Waals surface area contributed by atoms with Crippen LogP contribution in [0.2, 0.25) is 0 Å². The van der Waals surface area contributed by atoms with Crippen molar-refractivity contribution in [3.8, 4) is 5.75 Å². The van der Waals surface area contributed by atoms with Crippen LogP contribution in [-0.4, -0.2) is 24.2 Å². The minimum atomic E-state index is -0.762. The Morgan fingerprint density at radius 2 is 2.16 bits per heavy atom. The van der Waals surface area contributed by atoms with Gasteiger partial charge in [0.1, 0.15) is 5.75 Å². The lowest BCUT2D eigenvalue weighted by atomic mass is 10.2. The highest BCUT2D eigenvalue weighted by molar-refractivity contribution is 9.11. The number of hydrogen-bond acceptors (Lipinski definition) is 3. The number of hydrogen-bond donors (Lipinski definition) is 2. The molecule has 0 aliphatic rings. The van der Waals surface area contributed by atoms with Gasteiger partial charge in [0.2, 0.25) is 0 Å². The van der Waals surface area contributed by atoms with Crippen molar-refractivity contribution < 1.29 is 14.6 Å². The Morgan fingerprint density at radius 1 is 1.42 bits per heavy atom. The molecule has 4 nitrogen and oxygen atoms in total. The number of carboxylic acid groups (broad SMARTS) is 1. The molecule has 19 heavy (non-hydrogen) atoms. The summed E-state index contributed by atoms with van der Waals surface area (Å²) in [6.07, 6.45) is 0.808. The molecule has 1 aromatic rings. The van der Waals surface area contributed by atoms with Gasteiger partial charge in [-0.3, -0.25) is 4.79 Å². The monoisotopic (exact) mass is 393 g/mol. The van der Waals surface area contributed by atoms with Crippen LogP contribution in [0.15, 0.2) is 21.1 Å². The molecule has 0 aliphatic carbocycles. The quantitative estimate of drug-likeness (QED) is 0.661. The summed E-state index contributed by atoms with van der Waals surface area (Å²) in [5, 5.41) is 11.8. The van der Waals surface area contributed by atoms with E-state index in [1.807, 2.05) is 19.1 Å². The summed E-state index contributed by atoms with van der Waals surface area (Å²) >= 11 is 6.93. The number of aliphatic carboxylic acids is 1. The molecule has 0 heterocycles. The molecule has 0 spiro atoms. The summed E-state index contributed by atoms with van der Waals surface area (Å²) in [6.45, 7) is 3.86. The van der Waals surface area contributed by atoms with Gasteiger partial charge in [-0.15, -0.1) is 0 Å². The fourth-order valence-electron chi connectivity index (χ4n) is 1.64. The molecule has 0 aliphatic heterocycles. The largest absolute Gasteiger partial charge is 0.492 e. The zero-order valence-corrected chi connectivity index (χ0v) is 13.9. The number of carbonyl (C=O) groups is 1. The van der Waals surface area contributed by atoms with Crippen LogP contribution in [0.4, 0.5) is 0 Å². The molecule has 0 fully saturated rings. The smallest absolute Gasteiger partial charge is 0.303 e. The van der Waals surface area contributed by atoms with E-state index in [2.05, 4.69) is 37.2 Å². The van der Waals surface area contributed by atoms with Gasteiger partial charge in [0.25, 0.3) is 0 Å². The molecule has 0 unspecified atom stereocenters. The molecule has 0 atom stereocenters. The molecule has 0 radical (unpaired) electrons. The van der Waals surface area contributed by atoms with Gasteiger partial charge in [-0.1, -0.05) is 15.9 Å². The van der Waals surface area contributed by atoms with Crippen molar-refractivity contribution in [2.24, 2.45) is 0 Å². The van der Waals surface area contributed by atoms with E-state index in [-0.39, 0.29) is 6.42 Å². The van der Waals surface area contributed by atoms with E-state index in [9.17, 15) is 4.79 Å². The third-order valence-electron chi connectivity index (χ3n) is 2.43. The van der Waals surface area contributed by atoms with Crippen LogP contribution in [-0.2, 0) is 11.3 Å². The van der Waals surface area contributed by atoms with Crippen LogP contribution < -0.4 is 10.1 Å². The maximum atomic E-state index is 10.4. The lowest BCUT2D eigenvalue weighted by Crippen LogP contribution is -2.16. The van der Waals surface area contributed by atoms with E-state index in [0.29, 0.717) is 26.1 Å². The van der Waals surface area contributed by atoms with E-state index in [0.717, 1.165) is 20.3 Å². The first kappa shape index (κ1) is 16.5. The van der Waals surface area contributed by atoms with Crippen LogP contribution in [0, 0.1) is 0 Å². The van der Waals surface area contributed by atoms with E-state index < -0.39 is 5.97 Å². The van der Waals surface area contributed by atoms with Crippen LogP contribution in [0.3, 0.4) is 0 Å². The Balaban J connectivity index is 2.58. The number of nitrogens with one attached hydrogen (secondary N) is 1. The first-order valence-electron chi connectivity index (χ1n) is 6.07. The summed E-state index contributed by atoms with van der Waals surface area (Å²) in [5.74, 6) is 0.0680. The summed E-state index contributed by atoms with van der Waals surface area (Å²) in [5.41, 5.74) is 1.04. The summed E-state index contributed by atoms with van der Waals surface area (Å²) in [4.78, 5) is 10.4. The molecule has 2 N–H and O–H groups in total. The van der Waals surface area contributed by atoms with Gasteiger partial charge in [0.15, 0.2) is 0 Å². The first-order valence-corrected chi connectivity index (χ1v) is 7.66. The predicted octanol–water partition coefficient (Wildman–Crippen LogP) is 3.56. The third kappa shape index (κ3) is 5.93. The summed E-state index contributed by atoms with van der Waals surface area (Å²) < 4.78 is 7.50. The highest BCUT2D eigenvalue weighted by Gasteiger charge is 2.09. The van der Waals surface area contributed by atoms with Gasteiger partial charge >= 0.3 is 5.97 Å². The second-order valence-corrected chi connectivity index (χ2v) is 5.75. The Morgan fingerprint density at radius 3 is 2.79 bits per heavy atom. The number of ether oxygens (including phenoxy) is 1. The van der Waals surface area contributed by atoms with E-state index in [1.54, 1.807) is 0 Å². The fourth-order valence-corrected chi connectivity index (χ4v) is 3.07. The van der Waals surface area contributed by atoms with Crippen molar-refractivity contribution in [2.45, 2.75) is 26.3 Å². The zero-order valence-electron chi connectivity index (χ0n) is 10.7. The van der Waals surface area contributed by atoms with Gasteiger partial charge in [0.05, 0.1) is 11.1 Å². The molecule has 0 amide bonds. The molecule has 0 saturated heterocycles. The minimum absolute atomic E-state index is 0.188. The average Bonchev–Trinajstić information content (AvgIpc) is 2.32. The Kier molecular flexibility index (Phi) is 7.41. The highest BCUT2D eigenvalue weighted by Crippen LogP contribution is 2.32. The number of carboxylic acids is 1. The molecule has 0 aromatic heterocycles. The van der Waals surface area contributed by atoms with Crippen LogP contribution in [0.1, 0.15) is 25.3 Å². The zero-order chi connectivity index (χ0) is 14.3. The van der Waals surface area contributed by atoms with Crippen molar-refractivity contribution in [3.05, 3.63) is 26.6 Å². The number of halogens is 2. The van der Waals surface area contributed by atoms with E-state index in [1.165, 1.54) is 0 Å². The number of benzene rings is 1. The standard InChI is InChI=1S/C13H17Br2NO3/c1-2-19-13-9(6-10(14)7-11(13)15)8-16-5-3-4-12(17)18/h6-7,16H,2-5,8H2,1H3,(H,17,18). The topological polar surface area (TPSA) is 58.6 Å². The lowest BCUT2D eigenvalue weighted by molar-refractivity contribution is -0.137. The second-order valence-electron chi connectivity index (χ2n) is 3.98. The van der Waals surface area contributed by atoms with Crippen molar-refractivity contribution in [1.29, 1.82) is 0 Å². The van der Waals surface area contributed by atoms with Crippen molar-refractivity contribution in [2.75, 3.05) is 13.2 Å². The molecule has 0 bridgehead atoms. The highest BCUT2D eigenvalue weighted by atomic mass is 79.9. The average molecular weight is 395 g/mol. The molecule has 1 rings (SSSR count). The summed E-state index contributed by atoms with van der Waals surface area (Å²) in [6, 6.07) is 3.94. The van der Waals surface area contributed by atoms with Gasteiger partial charge in [-0.05, 0) is 48.0 Å². The van der Waals surface area contributed by atoms with E-state index >= 15 is 0 Å². The summed E-state index contributed by atoms with van der Waals surface area (Å²) in [7, 11) is 0. The van der Waals surface area contributed by atoms with Gasteiger partial charge in [-0.25, -0.2) is 0 Å². The van der Waals surface area contributed by atoms with Crippen LogP contribution >= 0.6 is 31.9 Å². The molecular formula is C13H17Br2NO3. The van der Waals surface area contributed by atoms with Gasteiger partial charge in [0, 0.05) is 23.0 Å². The maximum absolute atomic E-state index is 10.4. The van der Waals surface area contributed by atoms with E-state index in [4.69, 9.17) is 9.84 Å². The van der Waals surface area contributed by atoms with Crippen molar-refractivity contribution >= 4 is 37.8 Å². The van der Waals surface area contributed by atoms with Crippen molar-refractivity contribution in [1.82, 2.24) is 5.32 Å². The maximum Gasteiger partial charge on any atom is 0.303 e. The second kappa shape index (κ2) is 8.55. The Labute approximate surface area is 129 Å². The minimum Gasteiger partial charge on any atom is -0.492 e. The predicted molar refractivity (Wildman–Crippen MR) is 81.6 cm³/mol. The molecule has 106 valence electrons. The molecule has 6 heteroatoms. The lowest BCUT2D eigenvalue weighted by Gasteiger charge is -2.13.